The van der Waals surface area contributed by atoms with Gasteiger partial charge in [0.15, 0.2) is 0 Å². The molecule has 0 aromatic carbocycles. The van der Waals surface area contributed by atoms with Crippen molar-refractivity contribution in [1.29, 1.82) is 0 Å². The van der Waals surface area contributed by atoms with Crippen molar-refractivity contribution in [2.75, 3.05) is 7.05 Å². The summed E-state index contributed by atoms with van der Waals surface area (Å²) in [7, 11) is 1.46. The van der Waals surface area contributed by atoms with Crippen LogP contribution in [0.3, 0.4) is 0 Å². The molecule has 0 unspecified atom stereocenters. The van der Waals surface area contributed by atoms with Gasteiger partial charge in [0.25, 0.3) is 0 Å². The maximum absolute atomic E-state index is 10.4. The maximum Gasteiger partial charge on any atom is -0.00202 e. The van der Waals surface area contributed by atoms with Crippen molar-refractivity contribution >= 4 is 17.4 Å². The molecule has 0 saturated heterocycles. The Kier molecular flexibility index (Phi) is 2.48. The van der Waals surface area contributed by atoms with Crippen LogP contribution in [0.25, 0.3) is 6.08 Å². The van der Waals surface area contributed by atoms with Crippen LogP contribution in [0.5, 0.6) is 0 Å². The number of thiophene rings is 1. The Balaban J connectivity index is 2.55. The van der Waals surface area contributed by atoms with Gasteiger partial charge >= 0.3 is 0 Å². The Labute approximate surface area is 64.0 Å². The van der Waals surface area contributed by atoms with E-state index in [2.05, 4.69) is 0 Å². The standard InChI is InChI=1S/C7H8NOS/c1-8(9)4-2-7-3-5-10-6-7/h2-6H,1H3/q-1/b4-2+. The van der Waals surface area contributed by atoms with Crippen molar-refractivity contribution in [3.8, 4) is 0 Å². The first-order valence-corrected chi connectivity index (χ1v) is 3.83. The van der Waals surface area contributed by atoms with Gasteiger partial charge in [-0.25, -0.2) is 0 Å². The molecule has 0 bridgehead atoms. The fraction of sp³-hybridized carbons (Fsp3) is 0.143. The molecule has 0 N–H and O–H groups in total. The van der Waals surface area contributed by atoms with Crippen LogP contribution in [0, 0.1) is 5.21 Å². The molecule has 2 nitrogen and oxygen atoms in total. The number of hydrogen-bond acceptors (Lipinski definition) is 3. The van der Waals surface area contributed by atoms with E-state index in [-0.39, 0.29) is 0 Å². The first kappa shape index (κ1) is 7.31. The molecule has 0 spiro atoms. The van der Waals surface area contributed by atoms with Gasteiger partial charge < -0.3 is 10.3 Å². The van der Waals surface area contributed by atoms with E-state index in [0.717, 1.165) is 10.6 Å². The van der Waals surface area contributed by atoms with Crippen LogP contribution < -0.4 is 0 Å². The lowest BCUT2D eigenvalue weighted by atomic mass is 10.3. The number of rotatable bonds is 2. The molecule has 0 saturated carbocycles. The maximum atomic E-state index is 10.4. The first-order valence-electron chi connectivity index (χ1n) is 2.89. The Bertz CT molecular complexity index is 203. The van der Waals surface area contributed by atoms with Crippen LogP contribution in [-0.2, 0) is 0 Å². The molecule has 1 aromatic rings. The van der Waals surface area contributed by atoms with Gasteiger partial charge in [-0.15, -0.1) is 0 Å². The topological polar surface area (TPSA) is 26.3 Å². The van der Waals surface area contributed by atoms with Crippen LogP contribution in [0.1, 0.15) is 5.56 Å². The number of hydrogen-bond donors (Lipinski definition) is 0. The molecule has 1 heterocycles. The molecular weight excluding hydrogens is 146 g/mol. The predicted molar refractivity (Wildman–Crippen MR) is 44.5 cm³/mol. The third kappa shape index (κ3) is 2.21. The van der Waals surface area contributed by atoms with E-state index in [4.69, 9.17) is 0 Å². The second kappa shape index (κ2) is 3.39. The summed E-state index contributed by atoms with van der Waals surface area (Å²) in [5.74, 6) is 0. The van der Waals surface area contributed by atoms with Gasteiger partial charge in [0.2, 0.25) is 0 Å². The second-order valence-corrected chi connectivity index (χ2v) is 2.70. The zero-order valence-corrected chi connectivity index (χ0v) is 6.47. The van der Waals surface area contributed by atoms with Crippen LogP contribution in [0.4, 0.5) is 0 Å². The minimum atomic E-state index is 0.775. The minimum Gasteiger partial charge on any atom is -0.759 e. The molecule has 3 heteroatoms. The summed E-state index contributed by atoms with van der Waals surface area (Å²) < 4.78 is 0. The second-order valence-electron chi connectivity index (χ2n) is 1.92. The van der Waals surface area contributed by atoms with E-state index >= 15 is 0 Å². The fourth-order valence-electron chi connectivity index (χ4n) is 0.561. The summed E-state index contributed by atoms with van der Waals surface area (Å²) in [5, 5.41) is 15.1. The van der Waals surface area contributed by atoms with Crippen LogP contribution >= 0.6 is 11.3 Å². The largest absolute Gasteiger partial charge is 0.759 e. The van der Waals surface area contributed by atoms with Gasteiger partial charge in [0.1, 0.15) is 0 Å². The SMILES string of the molecule is CN([O-])/C=C/c1ccsc1. The molecule has 0 aliphatic rings. The van der Waals surface area contributed by atoms with Gasteiger partial charge in [0.05, 0.1) is 0 Å². The molecule has 0 aliphatic carbocycles. The highest BCUT2D eigenvalue weighted by atomic mass is 32.1. The summed E-state index contributed by atoms with van der Waals surface area (Å²) in [5.41, 5.74) is 1.08. The van der Waals surface area contributed by atoms with Gasteiger partial charge in [0, 0.05) is 0 Å². The van der Waals surface area contributed by atoms with Gasteiger partial charge in [-0.2, -0.15) is 11.3 Å². The monoisotopic (exact) mass is 154 g/mol. The van der Waals surface area contributed by atoms with Crippen LogP contribution in [0.2, 0.25) is 0 Å². The summed E-state index contributed by atoms with van der Waals surface area (Å²) in [6, 6.07) is 1.96. The normalized spacial score (nSPS) is 10.6. The van der Waals surface area contributed by atoms with Gasteiger partial charge in [-0.05, 0) is 41.7 Å². The number of hydroxylamine groups is 2. The lowest BCUT2D eigenvalue weighted by molar-refractivity contribution is 0.635. The lowest BCUT2D eigenvalue weighted by Gasteiger charge is -2.17. The average molecular weight is 154 g/mol. The van der Waals surface area contributed by atoms with Crippen molar-refractivity contribution in [1.82, 2.24) is 5.06 Å². The molecule has 1 aromatic heterocycles. The highest BCUT2D eigenvalue weighted by Crippen LogP contribution is 2.07. The third-order valence-electron chi connectivity index (χ3n) is 1.02. The fourth-order valence-corrected chi connectivity index (χ4v) is 1.19. The zero-order valence-electron chi connectivity index (χ0n) is 5.65. The predicted octanol–water partition coefficient (Wildman–Crippen LogP) is 2.15. The highest BCUT2D eigenvalue weighted by molar-refractivity contribution is 7.08. The molecule has 0 amide bonds. The molecule has 10 heavy (non-hydrogen) atoms. The molecule has 54 valence electrons. The van der Waals surface area contributed by atoms with E-state index < -0.39 is 0 Å². The Hall–Kier alpha value is -0.800. The summed E-state index contributed by atoms with van der Waals surface area (Å²) in [4.78, 5) is 0. The Morgan fingerprint density at radius 1 is 1.70 bits per heavy atom. The highest BCUT2D eigenvalue weighted by Gasteiger charge is 1.82. The van der Waals surface area contributed by atoms with Crippen molar-refractivity contribution in [3.63, 3.8) is 0 Å². The lowest BCUT2D eigenvalue weighted by Crippen LogP contribution is -1.95. The van der Waals surface area contributed by atoms with Crippen molar-refractivity contribution in [2.45, 2.75) is 0 Å². The third-order valence-corrected chi connectivity index (χ3v) is 1.72. The quantitative estimate of drug-likeness (QED) is 0.610. The van der Waals surface area contributed by atoms with E-state index in [1.54, 1.807) is 17.4 Å². The summed E-state index contributed by atoms with van der Waals surface area (Å²) >= 11 is 1.62. The molecule has 0 radical (unpaired) electrons. The van der Waals surface area contributed by atoms with Crippen molar-refractivity contribution in [3.05, 3.63) is 33.8 Å². The summed E-state index contributed by atoms with van der Waals surface area (Å²) in [6.45, 7) is 0. The van der Waals surface area contributed by atoms with E-state index in [0.29, 0.717) is 0 Å². The molecule has 0 atom stereocenters. The van der Waals surface area contributed by atoms with Crippen LogP contribution in [-0.4, -0.2) is 12.1 Å². The first-order chi connectivity index (χ1) is 4.79. The average Bonchev–Trinajstić information content (AvgIpc) is 2.34. The van der Waals surface area contributed by atoms with Crippen molar-refractivity contribution < 1.29 is 0 Å². The molecular formula is C7H8NOS-. The van der Waals surface area contributed by atoms with E-state index in [9.17, 15) is 5.21 Å². The molecule has 0 aliphatic heterocycles. The van der Waals surface area contributed by atoms with Gasteiger partial charge in [-0.3, -0.25) is 0 Å². The molecule has 1 rings (SSSR count). The van der Waals surface area contributed by atoms with E-state index in [1.165, 1.54) is 13.2 Å². The Morgan fingerprint density at radius 2 is 2.50 bits per heavy atom. The Morgan fingerprint density at radius 3 is 3.00 bits per heavy atom. The van der Waals surface area contributed by atoms with Crippen LogP contribution in [0.15, 0.2) is 23.0 Å². The van der Waals surface area contributed by atoms with Crippen molar-refractivity contribution in [2.24, 2.45) is 0 Å². The molecule has 0 fully saturated rings. The van der Waals surface area contributed by atoms with E-state index in [1.807, 2.05) is 16.8 Å². The van der Waals surface area contributed by atoms with Gasteiger partial charge in [-0.1, -0.05) is 0 Å². The minimum absolute atomic E-state index is 0.775. The summed E-state index contributed by atoms with van der Waals surface area (Å²) in [6.07, 6.45) is 3.27. The zero-order chi connectivity index (χ0) is 7.40. The number of nitrogens with zero attached hydrogens (tertiary/aromatic N) is 1. The smallest absolute Gasteiger partial charge is 0.00202 e.